The quantitative estimate of drug-likeness (QED) is 0.823. The summed E-state index contributed by atoms with van der Waals surface area (Å²) in [6.45, 7) is 6.41. The first-order valence-electron chi connectivity index (χ1n) is 5.17. The monoisotopic (exact) mass is 207 g/mol. The maximum Gasteiger partial charge on any atom is 0.226 e. The smallest absolute Gasteiger partial charge is 0.226 e. The fourth-order valence-electron chi connectivity index (χ4n) is 1.58. The van der Waals surface area contributed by atoms with E-state index < -0.39 is 0 Å². The van der Waals surface area contributed by atoms with E-state index in [1.807, 2.05) is 13.0 Å². The second-order valence-corrected chi connectivity index (χ2v) is 4.76. The van der Waals surface area contributed by atoms with Crippen molar-refractivity contribution in [3.63, 3.8) is 0 Å². The number of hydrogen-bond acceptors (Lipinski definition) is 4. The van der Waals surface area contributed by atoms with Crippen molar-refractivity contribution < 1.29 is 4.74 Å². The minimum Gasteiger partial charge on any atom is -0.481 e. The molecule has 0 radical (unpaired) electrons. The lowest BCUT2D eigenvalue weighted by atomic mass is 10.2. The van der Waals surface area contributed by atoms with Gasteiger partial charge in [-0.2, -0.15) is 4.98 Å². The van der Waals surface area contributed by atoms with Crippen LogP contribution in [-0.2, 0) is 0 Å². The molecule has 15 heavy (non-hydrogen) atoms. The molecule has 1 unspecified atom stereocenters. The van der Waals surface area contributed by atoms with E-state index in [0.717, 1.165) is 5.69 Å². The topological polar surface area (TPSA) is 47.0 Å². The van der Waals surface area contributed by atoms with Crippen molar-refractivity contribution in [2.24, 2.45) is 5.41 Å². The Morgan fingerprint density at radius 2 is 2.13 bits per heavy atom. The van der Waals surface area contributed by atoms with E-state index in [4.69, 9.17) is 4.74 Å². The van der Waals surface area contributed by atoms with Crippen LogP contribution >= 0.6 is 0 Å². The van der Waals surface area contributed by atoms with Crippen molar-refractivity contribution in [3.8, 4) is 5.88 Å². The Morgan fingerprint density at radius 1 is 1.47 bits per heavy atom. The third-order valence-corrected chi connectivity index (χ3v) is 2.86. The number of nitrogens with one attached hydrogen (secondary N) is 1. The van der Waals surface area contributed by atoms with Crippen LogP contribution in [0.4, 0.5) is 5.95 Å². The van der Waals surface area contributed by atoms with Gasteiger partial charge in [-0.15, -0.1) is 0 Å². The molecule has 1 atom stereocenters. The second kappa shape index (κ2) is 3.36. The third kappa shape index (κ3) is 2.19. The van der Waals surface area contributed by atoms with Crippen LogP contribution < -0.4 is 10.1 Å². The van der Waals surface area contributed by atoms with E-state index in [9.17, 15) is 0 Å². The summed E-state index contributed by atoms with van der Waals surface area (Å²) in [5, 5.41) is 3.32. The van der Waals surface area contributed by atoms with E-state index in [1.54, 1.807) is 7.11 Å². The van der Waals surface area contributed by atoms with Crippen molar-refractivity contribution in [1.29, 1.82) is 0 Å². The van der Waals surface area contributed by atoms with E-state index >= 15 is 0 Å². The van der Waals surface area contributed by atoms with Crippen LogP contribution in [0, 0.1) is 12.3 Å². The largest absolute Gasteiger partial charge is 0.481 e. The molecule has 2 rings (SSSR count). The van der Waals surface area contributed by atoms with Gasteiger partial charge < -0.3 is 10.1 Å². The van der Waals surface area contributed by atoms with Crippen LogP contribution in [0.5, 0.6) is 5.88 Å². The summed E-state index contributed by atoms with van der Waals surface area (Å²) in [5.41, 5.74) is 1.29. The highest BCUT2D eigenvalue weighted by atomic mass is 16.5. The first-order chi connectivity index (χ1) is 7.01. The Hall–Kier alpha value is -1.32. The number of aromatic nitrogens is 2. The molecule has 0 bridgehead atoms. The van der Waals surface area contributed by atoms with E-state index in [2.05, 4.69) is 29.1 Å². The number of aryl methyl sites for hydroxylation is 1. The SMILES string of the molecule is COc1cc(C)nc(NC2CC2(C)C)n1. The molecule has 1 aliphatic rings. The van der Waals surface area contributed by atoms with Crippen LogP contribution in [-0.4, -0.2) is 23.1 Å². The maximum atomic E-state index is 5.10. The Balaban J connectivity index is 2.11. The highest BCUT2D eigenvalue weighted by Gasteiger charge is 2.46. The molecule has 1 aromatic heterocycles. The van der Waals surface area contributed by atoms with E-state index in [0.29, 0.717) is 23.3 Å². The number of methoxy groups -OCH3 is 1. The first kappa shape index (κ1) is 10.2. The van der Waals surface area contributed by atoms with Crippen molar-refractivity contribution >= 4 is 5.95 Å². The van der Waals surface area contributed by atoms with Gasteiger partial charge in [0.15, 0.2) is 0 Å². The summed E-state index contributed by atoms with van der Waals surface area (Å²) >= 11 is 0. The average molecular weight is 207 g/mol. The molecule has 1 aliphatic carbocycles. The molecule has 1 saturated carbocycles. The van der Waals surface area contributed by atoms with Gasteiger partial charge in [0.1, 0.15) is 0 Å². The molecule has 1 heterocycles. The summed E-state index contributed by atoms with van der Waals surface area (Å²) in [5.74, 6) is 1.28. The molecule has 0 aliphatic heterocycles. The van der Waals surface area contributed by atoms with Crippen molar-refractivity contribution in [2.75, 3.05) is 12.4 Å². The lowest BCUT2D eigenvalue weighted by Crippen LogP contribution is -2.11. The van der Waals surface area contributed by atoms with Gasteiger partial charge in [0.25, 0.3) is 0 Å². The lowest BCUT2D eigenvalue weighted by Gasteiger charge is -2.08. The molecule has 1 aromatic rings. The summed E-state index contributed by atoms with van der Waals surface area (Å²) in [4.78, 5) is 8.58. The minimum atomic E-state index is 0.375. The molecule has 0 saturated heterocycles. The van der Waals surface area contributed by atoms with Crippen LogP contribution in [0.3, 0.4) is 0 Å². The van der Waals surface area contributed by atoms with Gasteiger partial charge >= 0.3 is 0 Å². The molecule has 0 amide bonds. The third-order valence-electron chi connectivity index (χ3n) is 2.86. The van der Waals surface area contributed by atoms with Crippen molar-refractivity contribution in [1.82, 2.24) is 9.97 Å². The highest BCUT2D eigenvalue weighted by Crippen LogP contribution is 2.46. The van der Waals surface area contributed by atoms with E-state index in [1.165, 1.54) is 6.42 Å². The number of hydrogen-bond donors (Lipinski definition) is 1. The normalized spacial score (nSPS) is 22.3. The molecule has 4 heteroatoms. The fraction of sp³-hybridized carbons (Fsp3) is 0.636. The molecule has 0 spiro atoms. The highest BCUT2D eigenvalue weighted by molar-refractivity contribution is 5.35. The Kier molecular flexibility index (Phi) is 2.29. The van der Waals surface area contributed by atoms with Gasteiger partial charge in [-0.05, 0) is 18.8 Å². The number of anilines is 1. The summed E-state index contributed by atoms with van der Waals surface area (Å²) in [6, 6.07) is 2.31. The van der Waals surface area contributed by atoms with Crippen LogP contribution in [0.1, 0.15) is 26.0 Å². The molecule has 0 aromatic carbocycles. The molecule has 82 valence electrons. The number of ether oxygens (including phenoxy) is 1. The first-order valence-corrected chi connectivity index (χ1v) is 5.17. The molecule has 1 fully saturated rings. The predicted octanol–water partition coefficient (Wildman–Crippen LogP) is 2.00. The lowest BCUT2D eigenvalue weighted by molar-refractivity contribution is 0.397. The van der Waals surface area contributed by atoms with Gasteiger partial charge in [0, 0.05) is 17.8 Å². The molecular formula is C11H17N3O. The summed E-state index contributed by atoms with van der Waals surface area (Å²) in [7, 11) is 1.62. The standard InChI is InChI=1S/C11H17N3O/c1-7-5-9(15-4)14-10(12-7)13-8-6-11(8,2)3/h5,8H,6H2,1-4H3,(H,12,13,14). The number of rotatable bonds is 3. The minimum absolute atomic E-state index is 0.375. The maximum absolute atomic E-state index is 5.10. The van der Waals surface area contributed by atoms with Crippen LogP contribution in [0.25, 0.3) is 0 Å². The van der Waals surface area contributed by atoms with Gasteiger partial charge in [-0.1, -0.05) is 13.8 Å². The molecule has 4 nitrogen and oxygen atoms in total. The molecule has 1 N–H and O–H groups in total. The Labute approximate surface area is 90.1 Å². The van der Waals surface area contributed by atoms with Gasteiger partial charge in [-0.3, -0.25) is 0 Å². The summed E-state index contributed by atoms with van der Waals surface area (Å²) < 4.78 is 5.10. The van der Waals surface area contributed by atoms with Gasteiger partial charge in [0.2, 0.25) is 11.8 Å². The average Bonchev–Trinajstić information content (AvgIpc) is 2.72. The Bertz CT molecular complexity index is 376. The van der Waals surface area contributed by atoms with Crippen molar-refractivity contribution in [3.05, 3.63) is 11.8 Å². The van der Waals surface area contributed by atoms with Crippen LogP contribution in [0.15, 0.2) is 6.07 Å². The fourth-order valence-corrected chi connectivity index (χ4v) is 1.58. The van der Waals surface area contributed by atoms with Gasteiger partial charge in [0.05, 0.1) is 7.11 Å². The zero-order valence-corrected chi connectivity index (χ0v) is 9.66. The number of nitrogens with zero attached hydrogens (tertiary/aromatic N) is 2. The second-order valence-electron chi connectivity index (χ2n) is 4.76. The Morgan fingerprint density at radius 3 is 2.67 bits per heavy atom. The predicted molar refractivity (Wildman–Crippen MR) is 59.1 cm³/mol. The summed E-state index contributed by atoms with van der Waals surface area (Å²) in [6.07, 6.45) is 1.17. The van der Waals surface area contributed by atoms with Crippen LogP contribution in [0.2, 0.25) is 0 Å². The van der Waals surface area contributed by atoms with E-state index in [-0.39, 0.29) is 0 Å². The zero-order valence-electron chi connectivity index (χ0n) is 9.66. The van der Waals surface area contributed by atoms with Crippen molar-refractivity contribution in [2.45, 2.75) is 33.2 Å². The molecular weight excluding hydrogens is 190 g/mol. The van der Waals surface area contributed by atoms with Gasteiger partial charge in [-0.25, -0.2) is 4.98 Å². The zero-order chi connectivity index (χ0) is 11.1.